The first kappa shape index (κ1) is 13.7. The Morgan fingerprint density at radius 2 is 2.00 bits per heavy atom. The van der Waals surface area contributed by atoms with Crippen molar-refractivity contribution in [1.82, 2.24) is 4.90 Å². The molecular formula is C14H27N3O. The van der Waals surface area contributed by atoms with Crippen molar-refractivity contribution in [3.8, 4) is 0 Å². The van der Waals surface area contributed by atoms with Gasteiger partial charge >= 0.3 is 0 Å². The predicted octanol–water partition coefficient (Wildman–Crippen LogP) is 2.27. The third kappa shape index (κ3) is 3.37. The number of oxime groups is 1. The molecular weight excluding hydrogens is 226 g/mol. The Labute approximate surface area is 110 Å². The van der Waals surface area contributed by atoms with Gasteiger partial charge in [0.25, 0.3) is 0 Å². The highest BCUT2D eigenvalue weighted by Crippen LogP contribution is 2.49. The van der Waals surface area contributed by atoms with E-state index in [1.54, 1.807) is 0 Å². The first-order valence-corrected chi connectivity index (χ1v) is 7.23. The number of hydrogen-bond donors (Lipinski definition) is 2. The molecule has 0 amide bonds. The molecule has 1 aliphatic carbocycles. The van der Waals surface area contributed by atoms with E-state index in [-0.39, 0.29) is 0 Å². The van der Waals surface area contributed by atoms with Crippen LogP contribution < -0.4 is 5.73 Å². The van der Waals surface area contributed by atoms with Crippen LogP contribution in [-0.4, -0.2) is 35.6 Å². The van der Waals surface area contributed by atoms with Crippen LogP contribution in [-0.2, 0) is 0 Å². The van der Waals surface area contributed by atoms with Crippen LogP contribution in [0, 0.1) is 17.3 Å². The maximum absolute atomic E-state index is 8.68. The van der Waals surface area contributed by atoms with Crippen LogP contribution >= 0.6 is 0 Å². The van der Waals surface area contributed by atoms with Crippen LogP contribution in [0.1, 0.15) is 46.0 Å². The Hall–Kier alpha value is -0.770. The Morgan fingerprint density at radius 1 is 1.39 bits per heavy atom. The number of likely N-dealkylation sites (tertiary alicyclic amines) is 1. The summed E-state index contributed by atoms with van der Waals surface area (Å²) in [6.45, 7) is 8.25. The molecule has 1 heterocycles. The molecule has 0 radical (unpaired) electrons. The summed E-state index contributed by atoms with van der Waals surface area (Å²) in [4.78, 5) is 2.58. The second-order valence-corrected chi connectivity index (χ2v) is 6.63. The zero-order valence-electron chi connectivity index (χ0n) is 11.7. The molecule has 104 valence electrons. The number of nitrogens with two attached hydrogens (primary N) is 1. The predicted molar refractivity (Wildman–Crippen MR) is 73.7 cm³/mol. The molecule has 4 nitrogen and oxygen atoms in total. The minimum atomic E-state index is 0.320. The quantitative estimate of drug-likeness (QED) is 0.342. The van der Waals surface area contributed by atoms with Crippen molar-refractivity contribution in [3.63, 3.8) is 0 Å². The number of rotatable bonds is 5. The van der Waals surface area contributed by atoms with Gasteiger partial charge in [0.2, 0.25) is 0 Å². The van der Waals surface area contributed by atoms with Crippen molar-refractivity contribution < 1.29 is 5.21 Å². The van der Waals surface area contributed by atoms with Crippen molar-refractivity contribution in [2.24, 2.45) is 28.1 Å². The van der Waals surface area contributed by atoms with E-state index < -0.39 is 0 Å². The molecule has 0 unspecified atom stereocenters. The summed E-state index contributed by atoms with van der Waals surface area (Å²) in [6, 6.07) is 0. The van der Waals surface area contributed by atoms with Gasteiger partial charge in [0.05, 0.1) is 0 Å². The van der Waals surface area contributed by atoms with Crippen molar-refractivity contribution in [3.05, 3.63) is 0 Å². The molecule has 2 rings (SSSR count). The molecule has 2 fully saturated rings. The van der Waals surface area contributed by atoms with Crippen molar-refractivity contribution >= 4 is 5.84 Å². The van der Waals surface area contributed by atoms with Crippen molar-refractivity contribution in [2.75, 3.05) is 19.6 Å². The molecule has 4 heteroatoms. The highest BCUT2D eigenvalue weighted by molar-refractivity contribution is 5.80. The van der Waals surface area contributed by atoms with Crippen LogP contribution in [0.4, 0.5) is 0 Å². The minimum absolute atomic E-state index is 0.320. The van der Waals surface area contributed by atoms with Gasteiger partial charge in [-0.1, -0.05) is 19.0 Å². The molecule has 3 N–H and O–H groups in total. The van der Waals surface area contributed by atoms with Gasteiger partial charge in [0, 0.05) is 13.0 Å². The molecule has 0 spiro atoms. The van der Waals surface area contributed by atoms with E-state index in [1.807, 2.05) is 0 Å². The Balaban J connectivity index is 1.78. The Kier molecular flexibility index (Phi) is 4.15. The van der Waals surface area contributed by atoms with Gasteiger partial charge in [-0.2, -0.15) is 0 Å². The highest BCUT2D eigenvalue weighted by Gasteiger charge is 2.44. The lowest BCUT2D eigenvalue weighted by atomic mass is 9.86. The van der Waals surface area contributed by atoms with Crippen LogP contribution in [0.15, 0.2) is 5.16 Å². The maximum atomic E-state index is 8.68. The maximum Gasteiger partial charge on any atom is 0.139 e. The third-order valence-electron chi connectivity index (χ3n) is 4.78. The SMILES string of the molecule is CC(C)C1CCN(CC2(CC(N)=NO)CC2)CC1. The Bertz CT molecular complexity index is 302. The van der Waals surface area contributed by atoms with E-state index in [0.717, 1.165) is 24.8 Å². The monoisotopic (exact) mass is 253 g/mol. The van der Waals surface area contributed by atoms with Gasteiger partial charge in [-0.25, -0.2) is 0 Å². The molecule has 1 aliphatic heterocycles. The molecule has 1 saturated heterocycles. The smallest absolute Gasteiger partial charge is 0.139 e. The fourth-order valence-electron chi connectivity index (χ4n) is 3.24. The molecule has 0 bridgehead atoms. The fraction of sp³-hybridized carbons (Fsp3) is 0.929. The standard InChI is InChI=1S/C14H27N3O/c1-11(2)12-3-7-17(8-4-12)10-14(5-6-14)9-13(15)16-18/h11-12,18H,3-10H2,1-2H3,(H2,15,16). The normalized spacial score (nSPS) is 25.6. The van der Waals surface area contributed by atoms with Crippen LogP contribution in [0.25, 0.3) is 0 Å². The van der Waals surface area contributed by atoms with Crippen LogP contribution in [0.2, 0.25) is 0 Å². The zero-order chi connectivity index (χ0) is 13.2. The summed E-state index contributed by atoms with van der Waals surface area (Å²) >= 11 is 0. The molecule has 0 aromatic heterocycles. The number of amidine groups is 1. The van der Waals surface area contributed by atoms with E-state index >= 15 is 0 Å². The van der Waals surface area contributed by atoms with Gasteiger partial charge in [-0.15, -0.1) is 0 Å². The Morgan fingerprint density at radius 3 is 2.44 bits per heavy atom. The van der Waals surface area contributed by atoms with Crippen molar-refractivity contribution in [2.45, 2.75) is 46.0 Å². The molecule has 0 aromatic carbocycles. The highest BCUT2D eigenvalue weighted by atomic mass is 16.4. The summed E-state index contributed by atoms with van der Waals surface area (Å²) in [5.41, 5.74) is 5.97. The minimum Gasteiger partial charge on any atom is -0.409 e. The second-order valence-electron chi connectivity index (χ2n) is 6.63. The average Bonchev–Trinajstić information content (AvgIpc) is 3.09. The summed E-state index contributed by atoms with van der Waals surface area (Å²) in [7, 11) is 0. The van der Waals surface area contributed by atoms with Gasteiger partial charge in [-0.3, -0.25) is 0 Å². The number of piperidine rings is 1. The number of nitrogens with zero attached hydrogens (tertiary/aromatic N) is 2. The fourth-order valence-corrected chi connectivity index (χ4v) is 3.24. The second kappa shape index (κ2) is 5.47. The van der Waals surface area contributed by atoms with E-state index in [0.29, 0.717) is 11.3 Å². The average molecular weight is 253 g/mol. The largest absolute Gasteiger partial charge is 0.409 e. The first-order chi connectivity index (χ1) is 8.54. The topological polar surface area (TPSA) is 61.8 Å². The molecule has 1 saturated carbocycles. The lowest BCUT2D eigenvalue weighted by Crippen LogP contribution is -2.39. The van der Waals surface area contributed by atoms with Crippen molar-refractivity contribution in [1.29, 1.82) is 0 Å². The molecule has 0 aromatic rings. The summed E-state index contributed by atoms with van der Waals surface area (Å²) < 4.78 is 0. The lowest BCUT2D eigenvalue weighted by Gasteiger charge is -2.35. The summed E-state index contributed by atoms with van der Waals surface area (Å²) in [5, 5.41) is 11.8. The van der Waals surface area contributed by atoms with Gasteiger partial charge in [-0.05, 0) is 56.0 Å². The zero-order valence-corrected chi connectivity index (χ0v) is 11.7. The van der Waals surface area contributed by atoms with Gasteiger partial charge in [0.15, 0.2) is 0 Å². The lowest BCUT2D eigenvalue weighted by molar-refractivity contribution is 0.134. The van der Waals surface area contributed by atoms with E-state index in [4.69, 9.17) is 10.9 Å². The first-order valence-electron chi connectivity index (χ1n) is 7.23. The molecule has 2 aliphatic rings. The summed E-state index contributed by atoms with van der Waals surface area (Å²) in [5.74, 6) is 2.12. The van der Waals surface area contributed by atoms with E-state index in [2.05, 4.69) is 23.9 Å². The van der Waals surface area contributed by atoms with E-state index in [9.17, 15) is 0 Å². The molecule has 18 heavy (non-hydrogen) atoms. The molecule has 0 atom stereocenters. The van der Waals surface area contributed by atoms with Gasteiger partial charge in [0.1, 0.15) is 5.84 Å². The van der Waals surface area contributed by atoms with E-state index in [1.165, 1.54) is 38.8 Å². The van der Waals surface area contributed by atoms with Crippen LogP contribution in [0.5, 0.6) is 0 Å². The third-order valence-corrected chi connectivity index (χ3v) is 4.78. The number of hydrogen-bond acceptors (Lipinski definition) is 3. The van der Waals surface area contributed by atoms with Crippen LogP contribution in [0.3, 0.4) is 0 Å². The van der Waals surface area contributed by atoms with Gasteiger partial charge < -0.3 is 15.8 Å². The summed E-state index contributed by atoms with van der Waals surface area (Å²) in [6.07, 6.45) is 5.88.